The molecule has 4 saturated carbocycles. The normalized spacial score (nSPS) is 50.9. The molecule has 8 unspecified atom stereocenters. The third-order valence-corrected chi connectivity index (χ3v) is 18.9. The fourth-order valence-electron chi connectivity index (χ4n) is 14.8. The molecule has 6 aliphatic rings. The first-order valence-electron chi connectivity index (χ1n) is 21.6. The van der Waals surface area contributed by atoms with E-state index in [9.17, 15) is 60.7 Å². The smallest absolute Gasteiger partial charge is 0.174 e. The summed E-state index contributed by atoms with van der Waals surface area (Å²) in [4.78, 5) is 27.7. The van der Waals surface area contributed by atoms with Gasteiger partial charge in [-0.05, 0) is 85.5 Å². The summed E-state index contributed by atoms with van der Waals surface area (Å²) in [5, 5.41) is 112. The Morgan fingerprint density at radius 1 is 0.550 bits per heavy atom. The van der Waals surface area contributed by atoms with Crippen molar-refractivity contribution in [1.29, 1.82) is 0 Å². The number of hydrogen-bond acceptors (Lipinski definition) is 12. The Kier molecular flexibility index (Phi) is 16.5. The number of Topliss-reactive ketones (excluding diaryl/α,β-unsaturated/α-hetero) is 2. The molecule has 12 nitrogen and oxygen atoms in total. The molecular weight excluding hydrogens is 1200 g/mol. The van der Waals surface area contributed by atoms with Gasteiger partial charge < -0.3 is 51.1 Å². The molecule has 0 aromatic heterocycles. The monoisotopic (exact) mass is 1270 g/mol. The van der Waals surface area contributed by atoms with Crippen molar-refractivity contribution in [2.24, 2.45) is 69.0 Å². The number of ketones is 2. The number of carbonyl (C=O) groups is 2. The van der Waals surface area contributed by atoms with Crippen LogP contribution in [0.4, 0.5) is 0 Å². The van der Waals surface area contributed by atoms with Crippen molar-refractivity contribution >= 4 is 11.6 Å². The van der Waals surface area contributed by atoms with Crippen LogP contribution in [0.15, 0.2) is 22.3 Å². The van der Waals surface area contributed by atoms with Crippen LogP contribution in [0.25, 0.3) is 0 Å². The van der Waals surface area contributed by atoms with Gasteiger partial charge in [0.15, 0.2) is 5.78 Å². The van der Waals surface area contributed by atoms with Crippen LogP contribution in [-0.2, 0) is 9.59 Å². The van der Waals surface area contributed by atoms with E-state index in [0.29, 0.717) is 12.0 Å². The van der Waals surface area contributed by atoms with Crippen molar-refractivity contribution in [2.75, 3.05) is 13.2 Å². The maximum Gasteiger partial charge on any atom is 0.174 e. The van der Waals surface area contributed by atoms with Gasteiger partial charge in [-0.1, -0.05) is 76.2 Å². The van der Waals surface area contributed by atoms with E-state index in [1.165, 1.54) is 6.92 Å². The minimum absolute atomic E-state index is 0. The predicted octanol–water partition coefficient (Wildman–Crippen LogP) is 2.85. The van der Waals surface area contributed by atoms with Gasteiger partial charge in [0.25, 0.3) is 0 Å². The molecule has 14 heteroatoms. The Morgan fingerprint density at radius 3 is 1.33 bits per heavy atom. The second-order valence-electron chi connectivity index (χ2n) is 21.7. The molecule has 18 atom stereocenters. The first-order valence-corrected chi connectivity index (χ1v) is 21.6. The number of carbonyl (C=O) groups excluding carboxylic acids is 2. The zero-order valence-electron chi connectivity index (χ0n) is 38.6. The molecule has 10 N–H and O–H groups in total. The van der Waals surface area contributed by atoms with Gasteiger partial charge in [0.05, 0.1) is 59.3 Å². The van der Waals surface area contributed by atoms with Crippen LogP contribution in [0.1, 0.15) is 123 Å². The summed E-state index contributed by atoms with van der Waals surface area (Å²) in [5.74, 6) is -4.76. The standard InChI is InChI=1S/C24H40O5.C22H36O7.2Ac/c1-12-9-13(2)23(28,11-25)19-16(5)24(29)10-17(26)14(3)18(21(24,6)7)15(4)20(27)22(12,19)8;1-10-7-14(25)20(6)17(21(10,28)9-23)12(3)22(29)8-13(24)11(2)15(19(22,4)5)16(26)18(20)27;;/h12-13,15-17,19,25-26,28-29H,9-11H2,1-8H3;10,12-14,16-17,23-26,28-29H,7-9H2,1-6H3;;/t12-,13+,15+,16-,17?,19?,22+,23-,24?;10-,12+,13?,14?,16?,17?,20-,21+,22?;;/m01../s1. The number of fused-ring (bicyclic) bond motifs is 6. The van der Waals surface area contributed by atoms with Crippen LogP contribution in [0.3, 0.4) is 0 Å². The molecule has 4 fully saturated rings. The van der Waals surface area contributed by atoms with Crippen LogP contribution in [-0.4, -0.2) is 123 Å². The topological polar surface area (TPSA) is 236 Å². The average Bonchev–Trinajstić information content (AvgIpc) is 3.13. The molecule has 0 aliphatic heterocycles. The minimum Gasteiger partial charge on any atom is -0.393 e. The van der Waals surface area contributed by atoms with Gasteiger partial charge in [0, 0.05) is 135 Å². The number of hydrogen-bond donors (Lipinski definition) is 10. The van der Waals surface area contributed by atoms with Crippen LogP contribution < -0.4 is 0 Å². The Balaban J connectivity index is 0.000000310. The van der Waals surface area contributed by atoms with Gasteiger partial charge in [-0.15, -0.1) is 0 Å². The Hall–Kier alpha value is 1.30. The fraction of sp³-hybridized carbons (Fsp3) is 0.870. The zero-order valence-corrected chi connectivity index (χ0v) is 48.1. The second kappa shape index (κ2) is 17.8. The summed E-state index contributed by atoms with van der Waals surface area (Å²) in [7, 11) is 0. The third kappa shape index (κ3) is 7.20. The van der Waals surface area contributed by atoms with Crippen molar-refractivity contribution in [1.82, 2.24) is 0 Å². The Labute approximate surface area is 429 Å². The van der Waals surface area contributed by atoms with Crippen molar-refractivity contribution in [3.05, 3.63) is 22.3 Å². The predicted molar refractivity (Wildman–Crippen MR) is 218 cm³/mol. The maximum atomic E-state index is 14.1. The van der Waals surface area contributed by atoms with Crippen LogP contribution in [0.2, 0.25) is 0 Å². The van der Waals surface area contributed by atoms with Crippen molar-refractivity contribution < 1.29 is 149 Å². The fourth-order valence-corrected chi connectivity index (χ4v) is 14.8. The number of aliphatic hydroxyl groups excluding tert-OH is 6. The SMILES string of the molecule is CC1=C2C(O)C(=O)[C@]3(C)C(O)C[C@@H](C)[C@@](O)(CO)C3[C@H](C)C(O)(CC1O)C2(C)C.CC1=C2[C@@H](C)C(=O)[C@@]3(C)C([C@H](C)C(O)(CC1O)C2(C)C)[C@](O)(CO)[C@H](C)C[C@@H]3C.[Ac].[Ac]. The molecule has 6 aliphatic carbocycles. The second-order valence-corrected chi connectivity index (χ2v) is 21.7. The summed E-state index contributed by atoms with van der Waals surface area (Å²) in [6.07, 6.45) is -3.83. The van der Waals surface area contributed by atoms with Gasteiger partial charge in [-0.3, -0.25) is 9.59 Å². The summed E-state index contributed by atoms with van der Waals surface area (Å²) in [5.41, 5.74) is -8.08. The number of rotatable bonds is 2. The molecule has 6 rings (SSSR count). The largest absolute Gasteiger partial charge is 0.393 e. The van der Waals surface area contributed by atoms with Crippen molar-refractivity contribution in [2.45, 2.75) is 169 Å². The van der Waals surface area contributed by atoms with Gasteiger partial charge in [0.2, 0.25) is 0 Å². The molecule has 0 heterocycles. The van der Waals surface area contributed by atoms with E-state index in [1.54, 1.807) is 34.6 Å². The molecule has 338 valence electrons. The summed E-state index contributed by atoms with van der Waals surface area (Å²) < 4.78 is 0. The third-order valence-electron chi connectivity index (χ3n) is 18.9. The van der Waals surface area contributed by atoms with Crippen molar-refractivity contribution in [3.63, 3.8) is 0 Å². The van der Waals surface area contributed by atoms with Crippen LogP contribution in [0.5, 0.6) is 0 Å². The average molecular weight is 1280 g/mol. The molecule has 0 amide bonds. The number of aliphatic hydroxyl groups is 10. The quantitative estimate of drug-likeness (QED) is 0.180. The molecular formula is C46H76Ac2O12. The maximum absolute atomic E-state index is 14.1. The molecule has 4 bridgehead atoms. The van der Waals surface area contributed by atoms with Crippen LogP contribution >= 0.6 is 0 Å². The molecule has 0 aromatic carbocycles. The summed E-state index contributed by atoms with van der Waals surface area (Å²) in [6.45, 7) is 24.4. The van der Waals surface area contributed by atoms with E-state index in [-0.39, 0.29) is 131 Å². The molecule has 0 aromatic rings. The van der Waals surface area contributed by atoms with Crippen LogP contribution in [0, 0.1) is 157 Å². The molecule has 2 radical (unpaired) electrons. The Morgan fingerprint density at radius 2 is 0.917 bits per heavy atom. The van der Waals surface area contributed by atoms with E-state index >= 15 is 0 Å². The van der Waals surface area contributed by atoms with Gasteiger partial charge in [0.1, 0.15) is 11.9 Å². The zero-order chi connectivity index (χ0) is 44.6. The molecule has 0 saturated heterocycles. The van der Waals surface area contributed by atoms with Gasteiger partial charge >= 0.3 is 0 Å². The Bertz CT molecular complexity index is 1620. The van der Waals surface area contributed by atoms with E-state index in [0.717, 1.165) is 11.1 Å². The molecule has 0 spiro atoms. The van der Waals surface area contributed by atoms with E-state index in [1.807, 2.05) is 48.5 Å². The minimum atomic E-state index is -1.74. The van der Waals surface area contributed by atoms with Gasteiger partial charge in [-0.25, -0.2) is 0 Å². The summed E-state index contributed by atoms with van der Waals surface area (Å²) >= 11 is 0. The first kappa shape index (κ1) is 55.6. The summed E-state index contributed by atoms with van der Waals surface area (Å²) in [6, 6.07) is 0. The van der Waals surface area contributed by atoms with E-state index < -0.39 is 123 Å². The van der Waals surface area contributed by atoms with E-state index in [4.69, 9.17) is 0 Å². The van der Waals surface area contributed by atoms with E-state index in [2.05, 4.69) is 6.92 Å². The first-order chi connectivity index (χ1) is 26.2. The van der Waals surface area contributed by atoms with Crippen molar-refractivity contribution in [3.8, 4) is 0 Å². The molecule has 60 heavy (non-hydrogen) atoms. The van der Waals surface area contributed by atoms with Gasteiger partial charge in [-0.2, -0.15) is 0 Å².